The Morgan fingerprint density at radius 3 is 2.95 bits per heavy atom. The number of hydrogen-bond acceptors (Lipinski definition) is 3. The molecule has 20 heavy (non-hydrogen) atoms. The fraction of sp³-hybridized carbons (Fsp3) is 0.562. The minimum Gasteiger partial charge on any atom is -0.478 e. The molecule has 1 saturated heterocycles. The monoisotopic (exact) mass is 277 g/mol. The van der Waals surface area contributed by atoms with Crippen LogP contribution in [-0.4, -0.2) is 49.3 Å². The molecule has 1 fully saturated rings. The highest BCUT2D eigenvalue weighted by atomic mass is 16.5. The molecule has 1 aliphatic rings. The van der Waals surface area contributed by atoms with Crippen LogP contribution in [0.15, 0.2) is 24.3 Å². The molecule has 0 radical (unpaired) electrons. The molecule has 0 saturated carbocycles. The second-order valence-electron chi connectivity index (χ2n) is 5.56. The van der Waals surface area contributed by atoms with Gasteiger partial charge in [0, 0.05) is 19.7 Å². The Morgan fingerprint density at radius 2 is 2.25 bits per heavy atom. The molecule has 4 nitrogen and oxygen atoms in total. The quantitative estimate of drug-likeness (QED) is 0.866. The van der Waals surface area contributed by atoms with Crippen LogP contribution in [0, 0.1) is 5.92 Å². The van der Waals surface area contributed by atoms with Gasteiger partial charge < -0.3 is 14.7 Å². The zero-order valence-electron chi connectivity index (χ0n) is 12.0. The molecule has 1 aromatic carbocycles. The smallest absolute Gasteiger partial charge is 0.335 e. The van der Waals surface area contributed by atoms with Gasteiger partial charge in [-0.1, -0.05) is 18.2 Å². The van der Waals surface area contributed by atoms with E-state index in [9.17, 15) is 4.79 Å². The Bertz CT molecular complexity index is 441. The van der Waals surface area contributed by atoms with E-state index in [0.29, 0.717) is 11.5 Å². The lowest BCUT2D eigenvalue weighted by atomic mass is 10.0. The number of nitrogens with zero attached hydrogens (tertiary/aromatic N) is 1. The minimum atomic E-state index is -0.844. The molecule has 0 aromatic heterocycles. The highest BCUT2D eigenvalue weighted by Gasteiger charge is 2.16. The first-order valence-corrected chi connectivity index (χ1v) is 7.24. The average molecular weight is 277 g/mol. The van der Waals surface area contributed by atoms with Crippen LogP contribution in [0.1, 0.15) is 28.8 Å². The summed E-state index contributed by atoms with van der Waals surface area (Å²) >= 11 is 0. The molecule has 0 aliphatic carbocycles. The molecule has 1 heterocycles. The summed E-state index contributed by atoms with van der Waals surface area (Å²) in [6, 6.07) is 7.25. The second kappa shape index (κ2) is 7.41. The van der Waals surface area contributed by atoms with Crippen molar-refractivity contribution in [2.75, 3.05) is 33.4 Å². The summed E-state index contributed by atoms with van der Waals surface area (Å²) in [4.78, 5) is 13.4. The predicted molar refractivity (Wildman–Crippen MR) is 78.1 cm³/mol. The Hall–Kier alpha value is -1.39. The number of carboxylic acids is 1. The van der Waals surface area contributed by atoms with E-state index >= 15 is 0 Å². The van der Waals surface area contributed by atoms with Crippen molar-refractivity contribution in [1.29, 1.82) is 0 Å². The van der Waals surface area contributed by atoms with Gasteiger partial charge in [-0.15, -0.1) is 0 Å². The topological polar surface area (TPSA) is 49.8 Å². The van der Waals surface area contributed by atoms with E-state index < -0.39 is 5.97 Å². The van der Waals surface area contributed by atoms with Crippen LogP contribution in [0.25, 0.3) is 0 Å². The van der Waals surface area contributed by atoms with Crippen LogP contribution in [0.4, 0.5) is 0 Å². The Morgan fingerprint density at radius 1 is 1.45 bits per heavy atom. The highest BCUT2D eigenvalue weighted by molar-refractivity contribution is 5.89. The van der Waals surface area contributed by atoms with Gasteiger partial charge in [0.25, 0.3) is 0 Å². The van der Waals surface area contributed by atoms with Crippen molar-refractivity contribution in [3.05, 3.63) is 35.4 Å². The number of carboxylic acid groups (broad SMARTS) is 1. The molecular weight excluding hydrogens is 254 g/mol. The van der Waals surface area contributed by atoms with Gasteiger partial charge in [-0.2, -0.15) is 0 Å². The van der Waals surface area contributed by atoms with E-state index in [2.05, 4.69) is 11.9 Å². The van der Waals surface area contributed by atoms with Crippen molar-refractivity contribution < 1.29 is 14.6 Å². The third kappa shape index (κ3) is 4.32. The first-order chi connectivity index (χ1) is 9.66. The van der Waals surface area contributed by atoms with Crippen LogP contribution in [-0.2, 0) is 11.2 Å². The SMILES string of the molecule is CN(CCc1ccccc1C(=O)O)CC1CCCOC1. The van der Waals surface area contributed by atoms with Gasteiger partial charge in [-0.25, -0.2) is 4.79 Å². The molecule has 1 aliphatic heterocycles. The number of aromatic carboxylic acids is 1. The number of hydrogen-bond donors (Lipinski definition) is 1. The standard InChI is InChI=1S/C16H23NO3/c1-17(11-13-5-4-10-20-12-13)9-8-14-6-2-3-7-15(14)16(18)19/h2-3,6-7,13H,4-5,8-12H2,1H3,(H,18,19). The summed E-state index contributed by atoms with van der Waals surface area (Å²) in [5, 5.41) is 9.16. The van der Waals surface area contributed by atoms with E-state index in [0.717, 1.165) is 44.7 Å². The number of benzene rings is 1. The number of likely N-dealkylation sites (N-methyl/N-ethyl adjacent to an activating group) is 1. The summed E-state index contributed by atoms with van der Waals surface area (Å²) in [7, 11) is 2.10. The summed E-state index contributed by atoms with van der Waals surface area (Å²) in [5.74, 6) is -0.229. The zero-order chi connectivity index (χ0) is 14.4. The average Bonchev–Trinajstić information content (AvgIpc) is 2.46. The van der Waals surface area contributed by atoms with Crippen molar-refractivity contribution >= 4 is 5.97 Å². The van der Waals surface area contributed by atoms with Gasteiger partial charge >= 0.3 is 5.97 Å². The summed E-state index contributed by atoms with van der Waals surface area (Å²) in [6.07, 6.45) is 3.16. The van der Waals surface area contributed by atoms with E-state index in [-0.39, 0.29) is 0 Å². The third-order valence-corrected chi connectivity index (χ3v) is 3.84. The van der Waals surface area contributed by atoms with E-state index in [4.69, 9.17) is 9.84 Å². The zero-order valence-corrected chi connectivity index (χ0v) is 12.0. The molecule has 1 N–H and O–H groups in total. The van der Waals surface area contributed by atoms with Crippen LogP contribution in [0.5, 0.6) is 0 Å². The lowest BCUT2D eigenvalue weighted by molar-refractivity contribution is 0.0422. The van der Waals surface area contributed by atoms with E-state index in [1.165, 1.54) is 6.42 Å². The first kappa shape index (κ1) is 15.0. The summed E-state index contributed by atoms with van der Waals surface area (Å²) in [6.45, 7) is 3.65. The lowest BCUT2D eigenvalue weighted by Gasteiger charge is -2.27. The van der Waals surface area contributed by atoms with E-state index in [1.54, 1.807) is 12.1 Å². The molecule has 0 bridgehead atoms. The van der Waals surface area contributed by atoms with Gasteiger partial charge in [0.05, 0.1) is 12.2 Å². The Kier molecular flexibility index (Phi) is 5.56. The molecule has 2 rings (SSSR count). The maximum Gasteiger partial charge on any atom is 0.335 e. The molecule has 110 valence electrons. The molecule has 1 unspecified atom stereocenters. The normalized spacial score (nSPS) is 19.2. The number of ether oxygens (including phenoxy) is 1. The largest absolute Gasteiger partial charge is 0.478 e. The Labute approximate surface area is 120 Å². The van der Waals surface area contributed by atoms with Crippen LogP contribution in [0.2, 0.25) is 0 Å². The van der Waals surface area contributed by atoms with Crippen molar-refractivity contribution in [3.8, 4) is 0 Å². The maximum absolute atomic E-state index is 11.2. The summed E-state index contributed by atoms with van der Waals surface area (Å²) in [5.41, 5.74) is 1.33. The summed E-state index contributed by atoms with van der Waals surface area (Å²) < 4.78 is 5.49. The predicted octanol–water partition coefficient (Wildman–Crippen LogP) is 2.29. The Balaban J connectivity index is 1.83. The van der Waals surface area contributed by atoms with Gasteiger partial charge in [-0.3, -0.25) is 0 Å². The first-order valence-electron chi connectivity index (χ1n) is 7.24. The van der Waals surface area contributed by atoms with Gasteiger partial charge in [0.15, 0.2) is 0 Å². The van der Waals surface area contributed by atoms with Crippen LogP contribution in [0.3, 0.4) is 0 Å². The minimum absolute atomic E-state index is 0.418. The van der Waals surface area contributed by atoms with Crippen LogP contribution >= 0.6 is 0 Å². The van der Waals surface area contributed by atoms with Crippen molar-refractivity contribution in [2.24, 2.45) is 5.92 Å². The lowest BCUT2D eigenvalue weighted by Crippen LogP contribution is -2.32. The van der Waals surface area contributed by atoms with Crippen LogP contribution < -0.4 is 0 Å². The van der Waals surface area contributed by atoms with E-state index in [1.807, 2.05) is 12.1 Å². The van der Waals surface area contributed by atoms with Gasteiger partial charge in [0.1, 0.15) is 0 Å². The fourth-order valence-electron chi connectivity index (χ4n) is 2.74. The molecule has 4 heteroatoms. The fourth-order valence-corrected chi connectivity index (χ4v) is 2.74. The molecule has 1 atom stereocenters. The van der Waals surface area contributed by atoms with Crippen molar-refractivity contribution in [2.45, 2.75) is 19.3 Å². The molecule has 1 aromatic rings. The third-order valence-electron chi connectivity index (χ3n) is 3.84. The molecule has 0 amide bonds. The number of carbonyl (C=O) groups is 1. The maximum atomic E-state index is 11.2. The van der Waals surface area contributed by atoms with Gasteiger partial charge in [0.2, 0.25) is 0 Å². The second-order valence-corrected chi connectivity index (χ2v) is 5.56. The van der Waals surface area contributed by atoms with Crippen molar-refractivity contribution in [1.82, 2.24) is 4.90 Å². The molecule has 0 spiro atoms. The van der Waals surface area contributed by atoms with Gasteiger partial charge in [-0.05, 0) is 43.9 Å². The van der Waals surface area contributed by atoms with Crippen molar-refractivity contribution in [3.63, 3.8) is 0 Å². The number of rotatable bonds is 6. The highest BCUT2D eigenvalue weighted by Crippen LogP contribution is 2.15. The molecular formula is C16H23NO3.